The molecule has 0 aliphatic carbocycles. The van der Waals surface area contributed by atoms with Crippen molar-refractivity contribution in [2.75, 3.05) is 18.1 Å². The van der Waals surface area contributed by atoms with Crippen molar-refractivity contribution in [3.05, 3.63) is 0 Å². The van der Waals surface area contributed by atoms with Gasteiger partial charge in [0.1, 0.15) is 0 Å². The lowest BCUT2D eigenvalue weighted by atomic mass is 10.0. The lowest BCUT2D eigenvalue weighted by molar-refractivity contribution is -0.148. The standard InChI is InChI=1S/C11H20O2S2/c1-4-9(10(12)13-5-2)11(3)14-7-6-8-15-11/h9H,4-8H2,1-3H3. The highest BCUT2D eigenvalue weighted by Crippen LogP contribution is 2.48. The molecule has 1 saturated heterocycles. The Morgan fingerprint density at radius 2 is 2.00 bits per heavy atom. The molecule has 0 amide bonds. The molecular weight excluding hydrogens is 228 g/mol. The maximum absolute atomic E-state index is 11.8. The van der Waals surface area contributed by atoms with E-state index in [0.29, 0.717) is 6.61 Å². The Balaban J connectivity index is 2.66. The van der Waals surface area contributed by atoms with E-state index in [1.807, 2.05) is 30.4 Å². The van der Waals surface area contributed by atoms with Crippen LogP contribution in [0.1, 0.15) is 33.6 Å². The zero-order chi connectivity index (χ0) is 11.3. The van der Waals surface area contributed by atoms with Gasteiger partial charge in [-0.3, -0.25) is 4.79 Å². The topological polar surface area (TPSA) is 26.3 Å². The Morgan fingerprint density at radius 3 is 2.47 bits per heavy atom. The number of ether oxygens (including phenoxy) is 1. The summed E-state index contributed by atoms with van der Waals surface area (Å²) >= 11 is 3.83. The van der Waals surface area contributed by atoms with E-state index in [9.17, 15) is 4.79 Å². The van der Waals surface area contributed by atoms with Crippen molar-refractivity contribution in [3.63, 3.8) is 0 Å². The lowest BCUT2D eigenvalue weighted by Crippen LogP contribution is -2.37. The zero-order valence-electron chi connectivity index (χ0n) is 9.75. The molecule has 1 rings (SSSR count). The highest BCUT2D eigenvalue weighted by molar-refractivity contribution is 8.18. The predicted octanol–water partition coefficient (Wildman–Crippen LogP) is 3.16. The van der Waals surface area contributed by atoms with Gasteiger partial charge in [0, 0.05) is 0 Å². The third kappa shape index (κ3) is 3.31. The molecule has 0 N–H and O–H groups in total. The Morgan fingerprint density at radius 1 is 1.40 bits per heavy atom. The largest absolute Gasteiger partial charge is 0.466 e. The molecule has 2 nitrogen and oxygen atoms in total. The molecular formula is C11H20O2S2. The maximum atomic E-state index is 11.8. The van der Waals surface area contributed by atoms with Crippen molar-refractivity contribution in [2.24, 2.45) is 5.92 Å². The molecule has 1 aliphatic heterocycles. The molecule has 88 valence electrons. The fraction of sp³-hybridized carbons (Fsp3) is 0.909. The second kappa shape index (κ2) is 6.04. The normalized spacial score (nSPS) is 22.1. The van der Waals surface area contributed by atoms with Crippen LogP contribution in [0.15, 0.2) is 0 Å². The molecule has 0 aromatic carbocycles. The minimum atomic E-state index is -0.0237. The summed E-state index contributed by atoms with van der Waals surface area (Å²) in [6, 6.07) is 0. The van der Waals surface area contributed by atoms with E-state index in [4.69, 9.17) is 4.74 Å². The Bertz CT molecular complexity index is 213. The molecule has 1 heterocycles. The Hall–Kier alpha value is 0.170. The fourth-order valence-electron chi connectivity index (χ4n) is 1.85. The summed E-state index contributed by atoms with van der Waals surface area (Å²) in [4.78, 5) is 11.8. The molecule has 0 aromatic rings. The van der Waals surface area contributed by atoms with Crippen LogP contribution in [-0.4, -0.2) is 28.2 Å². The quantitative estimate of drug-likeness (QED) is 0.714. The van der Waals surface area contributed by atoms with Gasteiger partial charge in [-0.15, -0.1) is 23.5 Å². The van der Waals surface area contributed by atoms with Crippen molar-refractivity contribution in [2.45, 2.75) is 37.7 Å². The van der Waals surface area contributed by atoms with Gasteiger partial charge < -0.3 is 4.74 Å². The van der Waals surface area contributed by atoms with Crippen LogP contribution in [0.25, 0.3) is 0 Å². The van der Waals surface area contributed by atoms with Crippen molar-refractivity contribution in [1.82, 2.24) is 0 Å². The summed E-state index contributed by atoms with van der Waals surface area (Å²) in [6.45, 7) is 6.62. The third-order valence-corrected chi connectivity index (χ3v) is 6.09. The van der Waals surface area contributed by atoms with Crippen molar-refractivity contribution < 1.29 is 9.53 Å². The number of hydrogen-bond donors (Lipinski definition) is 0. The van der Waals surface area contributed by atoms with Crippen LogP contribution < -0.4 is 0 Å². The summed E-state index contributed by atoms with van der Waals surface area (Å²) in [5, 5.41) is 0. The number of rotatable bonds is 4. The van der Waals surface area contributed by atoms with Gasteiger partial charge in [0.25, 0.3) is 0 Å². The van der Waals surface area contributed by atoms with Gasteiger partial charge in [0.15, 0.2) is 0 Å². The van der Waals surface area contributed by atoms with E-state index in [1.54, 1.807) is 0 Å². The molecule has 0 aromatic heterocycles. The monoisotopic (exact) mass is 248 g/mol. The smallest absolute Gasteiger partial charge is 0.311 e. The molecule has 0 radical (unpaired) electrons. The van der Waals surface area contributed by atoms with Crippen LogP contribution in [0.2, 0.25) is 0 Å². The first-order chi connectivity index (χ1) is 7.14. The molecule has 15 heavy (non-hydrogen) atoms. The highest BCUT2D eigenvalue weighted by Gasteiger charge is 2.41. The summed E-state index contributed by atoms with van der Waals surface area (Å²) in [5.41, 5.74) is 0. The first kappa shape index (κ1) is 13.2. The maximum Gasteiger partial charge on any atom is 0.311 e. The van der Waals surface area contributed by atoms with E-state index in [1.165, 1.54) is 17.9 Å². The number of carbonyl (C=O) groups excluding carboxylic acids is 1. The Kier molecular flexibility index (Phi) is 5.33. The minimum Gasteiger partial charge on any atom is -0.466 e. The van der Waals surface area contributed by atoms with Crippen molar-refractivity contribution >= 4 is 29.5 Å². The van der Waals surface area contributed by atoms with E-state index < -0.39 is 0 Å². The summed E-state index contributed by atoms with van der Waals surface area (Å²) in [7, 11) is 0. The van der Waals surface area contributed by atoms with Gasteiger partial charge in [0.2, 0.25) is 0 Å². The van der Waals surface area contributed by atoms with Gasteiger partial charge in [-0.25, -0.2) is 0 Å². The highest BCUT2D eigenvalue weighted by atomic mass is 32.2. The van der Waals surface area contributed by atoms with Gasteiger partial charge in [-0.1, -0.05) is 6.92 Å². The molecule has 1 fully saturated rings. The average Bonchev–Trinajstić information content (AvgIpc) is 2.19. The second-order valence-corrected chi connectivity index (χ2v) is 7.13. The fourth-order valence-corrected chi connectivity index (χ4v) is 5.18. The molecule has 1 aliphatic rings. The summed E-state index contributed by atoms with van der Waals surface area (Å²) < 4.78 is 5.17. The summed E-state index contributed by atoms with van der Waals surface area (Å²) in [6.07, 6.45) is 2.12. The van der Waals surface area contributed by atoms with Crippen LogP contribution in [0.3, 0.4) is 0 Å². The van der Waals surface area contributed by atoms with Gasteiger partial charge in [0.05, 0.1) is 16.6 Å². The molecule has 0 spiro atoms. The number of hydrogen-bond acceptors (Lipinski definition) is 4. The van der Waals surface area contributed by atoms with Gasteiger partial charge >= 0.3 is 5.97 Å². The number of carbonyl (C=O) groups is 1. The molecule has 1 atom stereocenters. The Labute approximate surface area is 101 Å². The van der Waals surface area contributed by atoms with Crippen LogP contribution >= 0.6 is 23.5 Å². The van der Waals surface area contributed by atoms with Crippen LogP contribution in [0.4, 0.5) is 0 Å². The van der Waals surface area contributed by atoms with Crippen LogP contribution in [0.5, 0.6) is 0 Å². The SMILES string of the molecule is CCOC(=O)C(CC)C1(C)SCCCS1. The number of esters is 1. The van der Waals surface area contributed by atoms with E-state index in [-0.39, 0.29) is 16.0 Å². The summed E-state index contributed by atoms with van der Waals surface area (Å²) in [5.74, 6) is 2.34. The van der Waals surface area contributed by atoms with E-state index >= 15 is 0 Å². The van der Waals surface area contributed by atoms with Crippen LogP contribution in [-0.2, 0) is 9.53 Å². The number of thioether (sulfide) groups is 2. The molecule has 0 bridgehead atoms. The van der Waals surface area contributed by atoms with E-state index in [2.05, 4.69) is 13.8 Å². The minimum absolute atomic E-state index is 0.0237. The average molecular weight is 248 g/mol. The van der Waals surface area contributed by atoms with E-state index in [0.717, 1.165) is 6.42 Å². The van der Waals surface area contributed by atoms with Gasteiger partial charge in [-0.2, -0.15) is 0 Å². The molecule has 4 heteroatoms. The van der Waals surface area contributed by atoms with Crippen molar-refractivity contribution in [3.8, 4) is 0 Å². The lowest BCUT2D eigenvalue weighted by Gasteiger charge is -2.37. The predicted molar refractivity (Wildman–Crippen MR) is 68.4 cm³/mol. The van der Waals surface area contributed by atoms with Crippen molar-refractivity contribution in [1.29, 1.82) is 0 Å². The first-order valence-corrected chi connectivity index (χ1v) is 7.55. The second-order valence-electron chi connectivity index (χ2n) is 3.78. The first-order valence-electron chi connectivity index (χ1n) is 5.58. The molecule has 0 saturated carbocycles. The third-order valence-electron chi connectivity index (χ3n) is 2.68. The zero-order valence-corrected chi connectivity index (χ0v) is 11.4. The molecule has 1 unspecified atom stereocenters. The van der Waals surface area contributed by atoms with Gasteiger partial charge in [-0.05, 0) is 38.2 Å². The van der Waals surface area contributed by atoms with Crippen LogP contribution in [0, 0.1) is 5.92 Å².